The van der Waals surface area contributed by atoms with Crippen LogP contribution in [0.25, 0.3) is 11.6 Å². The summed E-state index contributed by atoms with van der Waals surface area (Å²) in [5.41, 5.74) is 3.30. The van der Waals surface area contributed by atoms with Gasteiger partial charge in [0.25, 0.3) is 0 Å². The average molecular weight is 372 g/mol. The van der Waals surface area contributed by atoms with E-state index in [9.17, 15) is 10.2 Å². The van der Waals surface area contributed by atoms with Gasteiger partial charge in [-0.15, -0.1) is 0 Å². The predicted octanol–water partition coefficient (Wildman–Crippen LogP) is 3.27. The molecule has 144 valence electrons. The van der Waals surface area contributed by atoms with Gasteiger partial charge in [-0.05, 0) is 53.8 Å². The third-order valence-electron chi connectivity index (χ3n) is 4.80. The van der Waals surface area contributed by atoms with Gasteiger partial charge in [-0.1, -0.05) is 6.07 Å². The molecule has 0 spiro atoms. The number of phenols is 1. The van der Waals surface area contributed by atoms with Crippen LogP contribution in [-0.4, -0.2) is 44.8 Å². The Labute approximate surface area is 158 Å². The highest BCUT2D eigenvalue weighted by Crippen LogP contribution is 2.47. The topological polar surface area (TPSA) is 77.4 Å². The molecule has 0 heterocycles. The van der Waals surface area contributed by atoms with Crippen molar-refractivity contribution < 1.29 is 29.2 Å². The van der Waals surface area contributed by atoms with Crippen LogP contribution in [0.2, 0.25) is 0 Å². The molecule has 6 nitrogen and oxygen atoms in total. The van der Waals surface area contributed by atoms with E-state index in [0.717, 1.165) is 22.3 Å². The third kappa shape index (κ3) is 3.40. The summed E-state index contributed by atoms with van der Waals surface area (Å²) in [5.74, 6) is 2.13. The molecule has 0 radical (unpaired) electrons. The fourth-order valence-corrected chi connectivity index (χ4v) is 3.49. The highest BCUT2D eigenvalue weighted by atomic mass is 16.5. The van der Waals surface area contributed by atoms with E-state index in [0.29, 0.717) is 35.8 Å². The lowest BCUT2D eigenvalue weighted by molar-refractivity contribution is 0.217. The molecule has 0 saturated heterocycles. The molecular formula is C21H24O6. The van der Waals surface area contributed by atoms with Gasteiger partial charge in [-0.3, -0.25) is 0 Å². The van der Waals surface area contributed by atoms with Crippen LogP contribution >= 0.6 is 0 Å². The zero-order chi connectivity index (χ0) is 19.6. The number of phenolic OH excluding ortho intramolecular Hbond substituents is 1. The van der Waals surface area contributed by atoms with Crippen LogP contribution in [0.15, 0.2) is 24.3 Å². The molecule has 6 heteroatoms. The molecule has 1 atom stereocenters. The largest absolute Gasteiger partial charge is 0.504 e. The van der Waals surface area contributed by atoms with E-state index in [2.05, 4.69) is 0 Å². The van der Waals surface area contributed by atoms with Crippen molar-refractivity contribution in [2.45, 2.75) is 18.9 Å². The van der Waals surface area contributed by atoms with Crippen LogP contribution in [0, 0.1) is 0 Å². The van der Waals surface area contributed by atoms with Crippen molar-refractivity contribution in [1.29, 1.82) is 0 Å². The minimum absolute atomic E-state index is 0.0438. The quantitative estimate of drug-likeness (QED) is 0.839. The van der Waals surface area contributed by atoms with Crippen molar-refractivity contribution in [3.05, 3.63) is 41.0 Å². The van der Waals surface area contributed by atoms with Gasteiger partial charge in [0.1, 0.15) is 0 Å². The smallest absolute Gasteiger partial charge is 0.203 e. The van der Waals surface area contributed by atoms with E-state index in [-0.39, 0.29) is 5.75 Å². The summed E-state index contributed by atoms with van der Waals surface area (Å²) >= 11 is 0. The monoisotopic (exact) mass is 372 g/mol. The van der Waals surface area contributed by atoms with E-state index >= 15 is 0 Å². The lowest BCUT2D eigenvalue weighted by Gasteiger charge is -2.28. The molecule has 0 unspecified atom stereocenters. The Kier molecular flexibility index (Phi) is 5.46. The number of ether oxygens (including phenoxy) is 4. The molecule has 0 fully saturated rings. The van der Waals surface area contributed by atoms with Gasteiger partial charge < -0.3 is 29.2 Å². The number of aromatic hydroxyl groups is 1. The van der Waals surface area contributed by atoms with E-state index in [1.165, 1.54) is 7.11 Å². The Bertz CT molecular complexity index is 871. The standard InChI is InChI=1S/C21H24O6/c1-24-18-8-5-12(10-17(18)23)9-15-14-11-19(25-2)21(27-4)20(26-3)13(14)6-7-16(15)22/h5,8-11,16,22-23H,6-7H2,1-4H3/b15-9+/t16-/m0/s1. The maximum absolute atomic E-state index is 10.6. The summed E-state index contributed by atoms with van der Waals surface area (Å²) in [7, 11) is 6.23. The van der Waals surface area contributed by atoms with Crippen molar-refractivity contribution >= 4 is 11.6 Å². The number of hydrogen-bond acceptors (Lipinski definition) is 6. The minimum atomic E-state index is -0.635. The fourth-order valence-electron chi connectivity index (χ4n) is 3.49. The molecule has 0 saturated carbocycles. The SMILES string of the molecule is COc1ccc(/C=C2\c3cc(OC)c(OC)c(OC)c3CC[C@@H]2O)cc1O. The van der Waals surface area contributed by atoms with Crippen LogP contribution in [0.5, 0.6) is 28.7 Å². The number of hydrogen-bond donors (Lipinski definition) is 2. The van der Waals surface area contributed by atoms with Crippen LogP contribution in [0.4, 0.5) is 0 Å². The van der Waals surface area contributed by atoms with Gasteiger partial charge in [0, 0.05) is 5.56 Å². The maximum atomic E-state index is 10.6. The summed E-state index contributed by atoms with van der Waals surface area (Å²) in [6.07, 6.45) is 2.44. The fraction of sp³-hybridized carbons (Fsp3) is 0.333. The van der Waals surface area contributed by atoms with Crippen molar-refractivity contribution in [3.63, 3.8) is 0 Å². The highest BCUT2D eigenvalue weighted by molar-refractivity contribution is 5.88. The van der Waals surface area contributed by atoms with Gasteiger partial charge in [0.2, 0.25) is 5.75 Å². The first kappa shape index (κ1) is 18.9. The van der Waals surface area contributed by atoms with Crippen molar-refractivity contribution in [3.8, 4) is 28.7 Å². The Morgan fingerprint density at radius 2 is 1.63 bits per heavy atom. The molecule has 2 aromatic carbocycles. The lowest BCUT2D eigenvalue weighted by atomic mass is 9.83. The molecule has 1 aliphatic carbocycles. The highest BCUT2D eigenvalue weighted by Gasteiger charge is 2.29. The molecule has 1 aliphatic rings. The van der Waals surface area contributed by atoms with Crippen LogP contribution in [0.1, 0.15) is 23.1 Å². The summed E-state index contributed by atoms with van der Waals surface area (Å²) in [6, 6.07) is 6.97. The first-order valence-corrected chi connectivity index (χ1v) is 8.62. The van der Waals surface area contributed by atoms with E-state index < -0.39 is 6.10 Å². The van der Waals surface area contributed by atoms with Crippen LogP contribution in [0.3, 0.4) is 0 Å². The zero-order valence-electron chi connectivity index (χ0n) is 15.9. The molecule has 2 N–H and O–H groups in total. The lowest BCUT2D eigenvalue weighted by Crippen LogP contribution is -2.19. The Morgan fingerprint density at radius 3 is 2.22 bits per heavy atom. The summed E-state index contributed by atoms with van der Waals surface area (Å²) in [4.78, 5) is 0. The molecule has 0 amide bonds. The molecule has 3 rings (SSSR count). The normalized spacial score (nSPS) is 17.4. The van der Waals surface area contributed by atoms with E-state index in [1.807, 2.05) is 18.2 Å². The first-order chi connectivity index (χ1) is 13.0. The maximum Gasteiger partial charge on any atom is 0.203 e. The van der Waals surface area contributed by atoms with Crippen molar-refractivity contribution in [2.24, 2.45) is 0 Å². The van der Waals surface area contributed by atoms with Gasteiger partial charge in [0.05, 0.1) is 34.5 Å². The number of aliphatic hydroxyl groups is 1. The molecule has 27 heavy (non-hydrogen) atoms. The molecule has 0 bridgehead atoms. The second-order valence-corrected chi connectivity index (χ2v) is 6.26. The minimum Gasteiger partial charge on any atom is -0.504 e. The van der Waals surface area contributed by atoms with Gasteiger partial charge >= 0.3 is 0 Å². The molecular weight excluding hydrogens is 348 g/mol. The number of aliphatic hydroxyl groups excluding tert-OH is 1. The van der Waals surface area contributed by atoms with Gasteiger partial charge in [0.15, 0.2) is 23.0 Å². The summed E-state index contributed by atoms with van der Waals surface area (Å²) in [5, 5.41) is 20.7. The number of fused-ring (bicyclic) bond motifs is 1. The Morgan fingerprint density at radius 1 is 0.926 bits per heavy atom. The number of benzene rings is 2. The zero-order valence-corrected chi connectivity index (χ0v) is 15.9. The molecule has 2 aromatic rings. The number of rotatable bonds is 5. The summed E-state index contributed by atoms with van der Waals surface area (Å²) < 4.78 is 21.6. The second-order valence-electron chi connectivity index (χ2n) is 6.26. The van der Waals surface area contributed by atoms with Crippen LogP contribution < -0.4 is 18.9 Å². The van der Waals surface area contributed by atoms with Gasteiger partial charge in [-0.25, -0.2) is 0 Å². The van der Waals surface area contributed by atoms with Crippen molar-refractivity contribution in [2.75, 3.05) is 28.4 Å². The Balaban J connectivity index is 2.18. The van der Waals surface area contributed by atoms with Crippen molar-refractivity contribution in [1.82, 2.24) is 0 Å². The van der Waals surface area contributed by atoms with E-state index in [1.54, 1.807) is 33.5 Å². The van der Waals surface area contributed by atoms with E-state index in [4.69, 9.17) is 18.9 Å². The Hall–Kier alpha value is -2.86. The number of methoxy groups -OCH3 is 4. The molecule has 0 aromatic heterocycles. The first-order valence-electron chi connectivity index (χ1n) is 8.62. The molecule has 0 aliphatic heterocycles. The third-order valence-corrected chi connectivity index (χ3v) is 4.80. The van der Waals surface area contributed by atoms with Crippen LogP contribution in [-0.2, 0) is 6.42 Å². The van der Waals surface area contributed by atoms with Gasteiger partial charge in [-0.2, -0.15) is 0 Å². The summed E-state index contributed by atoms with van der Waals surface area (Å²) in [6.45, 7) is 0. The predicted molar refractivity (Wildman–Crippen MR) is 103 cm³/mol. The average Bonchev–Trinajstić information content (AvgIpc) is 2.68. The second kappa shape index (κ2) is 7.80.